The molecule has 6 heteroatoms. The number of sulfonamides is 1. The van der Waals surface area contributed by atoms with Crippen LogP contribution in [0.2, 0.25) is 0 Å². The van der Waals surface area contributed by atoms with E-state index in [0.29, 0.717) is 5.56 Å². The second kappa shape index (κ2) is 5.60. The van der Waals surface area contributed by atoms with Gasteiger partial charge in [0.05, 0.1) is 11.5 Å². The highest BCUT2D eigenvalue weighted by atomic mass is 32.2. The molecule has 0 saturated heterocycles. The van der Waals surface area contributed by atoms with Crippen molar-refractivity contribution in [1.29, 1.82) is 0 Å². The Morgan fingerprint density at radius 3 is 2.60 bits per heavy atom. The molecule has 0 spiro atoms. The zero-order valence-electron chi connectivity index (χ0n) is 11.3. The first-order valence-electron chi connectivity index (χ1n) is 6.08. The highest BCUT2D eigenvalue weighted by Crippen LogP contribution is 2.17. The van der Waals surface area contributed by atoms with Crippen LogP contribution in [0.4, 0.5) is 5.82 Å². The lowest BCUT2D eigenvalue weighted by Crippen LogP contribution is -2.14. The topological polar surface area (TPSA) is 79.3 Å². The molecule has 2 N–H and O–H groups in total. The van der Waals surface area contributed by atoms with Crippen LogP contribution in [0.25, 0.3) is 0 Å². The summed E-state index contributed by atoms with van der Waals surface area (Å²) in [6, 6.07) is 9.70. The van der Waals surface area contributed by atoms with Crippen molar-refractivity contribution in [2.24, 2.45) is 0 Å². The Morgan fingerprint density at radius 1 is 1.20 bits per heavy atom. The summed E-state index contributed by atoms with van der Waals surface area (Å²) in [5.74, 6) is 0.289. The molecule has 5 nitrogen and oxygen atoms in total. The standard InChI is InChI=1S/C14H16N2O3S/c1-10-6-11(2)15-14(7-10)16-20(18,19)13-5-3-4-12(8-13)9-17/h3-8,17H,9H2,1-2H3,(H,15,16). The van der Waals surface area contributed by atoms with E-state index in [1.807, 2.05) is 13.0 Å². The van der Waals surface area contributed by atoms with Gasteiger partial charge in [-0.05, 0) is 49.2 Å². The average Bonchev–Trinajstić information content (AvgIpc) is 2.37. The lowest BCUT2D eigenvalue weighted by molar-refractivity contribution is 0.281. The third-order valence-electron chi connectivity index (χ3n) is 2.73. The van der Waals surface area contributed by atoms with Crippen LogP contribution in [0, 0.1) is 13.8 Å². The van der Waals surface area contributed by atoms with Crippen molar-refractivity contribution < 1.29 is 13.5 Å². The number of rotatable bonds is 4. The van der Waals surface area contributed by atoms with Gasteiger partial charge in [0.2, 0.25) is 0 Å². The number of pyridine rings is 1. The number of hydrogen-bond acceptors (Lipinski definition) is 4. The van der Waals surface area contributed by atoms with E-state index in [-0.39, 0.29) is 17.3 Å². The Kier molecular flexibility index (Phi) is 4.06. The molecule has 0 fully saturated rings. The van der Waals surface area contributed by atoms with Crippen molar-refractivity contribution >= 4 is 15.8 Å². The van der Waals surface area contributed by atoms with E-state index in [1.165, 1.54) is 12.1 Å². The normalized spacial score (nSPS) is 11.3. The molecule has 1 aromatic carbocycles. The van der Waals surface area contributed by atoms with E-state index in [0.717, 1.165) is 11.3 Å². The highest BCUT2D eigenvalue weighted by molar-refractivity contribution is 7.92. The summed E-state index contributed by atoms with van der Waals surface area (Å²) in [6.45, 7) is 3.47. The minimum atomic E-state index is -3.70. The van der Waals surface area contributed by atoms with Crippen LogP contribution in [-0.4, -0.2) is 18.5 Å². The largest absolute Gasteiger partial charge is 0.392 e. The third kappa shape index (κ3) is 3.34. The number of aliphatic hydroxyl groups is 1. The summed E-state index contributed by atoms with van der Waals surface area (Å²) in [4.78, 5) is 4.25. The van der Waals surface area contributed by atoms with Gasteiger partial charge in [0, 0.05) is 5.69 Å². The number of aryl methyl sites for hydroxylation is 2. The van der Waals surface area contributed by atoms with Crippen molar-refractivity contribution in [3.8, 4) is 0 Å². The van der Waals surface area contributed by atoms with E-state index >= 15 is 0 Å². The molecular weight excluding hydrogens is 276 g/mol. The minimum Gasteiger partial charge on any atom is -0.392 e. The average molecular weight is 292 g/mol. The molecule has 2 aromatic rings. The fourth-order valence-corrected chi connectivity index (χ4v) is 2.96. The van der Waals surface area contributed by atoms with Crippen molar-refractivity contribution in [1.82, 2.24) is 4.98 Å². The summed E-state index contributed by atoms with van der Waals surface area (Å²) in [7, 11) is -3.70. The first-order chi connectivity index (χ1) is 9.40. The number of aliphatic hydroxyl groups excluding tert-OH is 1. The Morgan fingerprint density at radius 2 is 1.95 bits per heavy atom. The molecule has 0 unspecified atom stereocenters. The lowest BCUT2D eigenvalue weighted by Gasteiger charge is -2.09. The summed E-state index contributed by atoms with van der Waals surface area (Å²) < 4.78 is 27.0. The molecule has 0 radical (unpaired) electrons. The van der Waals surface area contributed by atoms with Gasteiger partial charge in [-0.2, -0.15) is 0 Å². The fraction of sp³-hybridized carbons (Fsp3) is 0.214. The smallest absolute Gasteiger partial charge is 0.263 e. The first-order valence-corrected chi connectivity index (χ1v) is 7.57. The Bertz CT molecular complexity index is 707. The van der Waals surface area contributed by atoms with Crippen molar-refractivity contribution in [2.75, 3.05) is 4.72 Å². The van der Waals surface area contributed by atoms with E-state index in [9.17, 15) is 8.42 Å². The quantitative estimate of drug-likeness (QED) is 0.903. The summed E-state index contributed by atoms with van der Waals surface area (Å²) in [6.07, 6.45) is 0. The van der Waals surface area contributed by atoms with Gasteiger partial charge in [-0.25, -0.2) is 13.4 Å². The van der Waals surface area contributed by atoms with Crippen LogP contribution >= 0.6 is 0 Å². The first kappa shape index (κ1) is 14.5. The van der Waals surface area contributed by atoms with Crippen LogP contribution in [0.1, 0.15) is 16.8 Å². The van der Waals surface area contributed by atoms with Gasteiger partial charge >= 0.3 is 0 Å². The van der Waals surface area contributed by atoms with Gasteiger partial charge < -0.3 is 5.11 Å². The Balaban J connectivity index is 2.35. The van der Waals surface area contributed by atoms with Gasteiger partial charge in [0.15, 0.2) is 0 Å². The van der Waals surface area contributed by atoms with E-state index in [4.69, 9.17) is 5.11 Å². The van der Waals surface area contributed by atoms with Crippen LogP contribution in [0.3, 0.4) is 0 Å². The maximum atomic E-state index is 12.3. The Hall–Kier alpha value is -1.92. The molecule has 2 rings (SSSR count). The summed E-state index contributed by atoms with van der Waals surface area (Å²) >= 11 is 0. The number of nitrogens with one attached hydrogen (secondary N) is 1. The molecule has 1 heterocycles. The predicted molar refractivity (Wildman–Crippen MR) is 76.9 cm³/mol. The molecular formula is C14H16N2O3S. The number of aromatic nitrogens is 1. The molecule has 1 aromatic heterocycles. The number of hydrogen-bond donors (Lipinski definition) is 2. The molecule has 0 atom stereocenters. The van der Waals surface area contributed by atoms with Gasteiger partial charge in [-0.15, -0.1) is 0 Å². The van der Waals surface area contributed by atoms with Crippen molar-refractivity contribution in [3.63, 3.8) is 0 Å². The monoisotopic (exact) mass is 292 g/mol. The van der Waals surface area contributed by atoms with Gasteiger partial charge in [-0.1, -0.05) is 12.1 Å². The molecule has 0 aliphatic heterocycles. The second-order valence-electron chi connectivity index (χ2n) is 4.58. The summed E-state index contributed by atoms with van der Waals surface area (Å²) in [5.41, 5.74) is 2.22. The van der Waals surface area contributed by atoms with E-state index in [2.05, 4.69) is 9.71 Å². The molecule has 0 aliphatic rings. The SMILES string of the molecule is Cc1cc(C)nc(NS(=O)(=O)c2cccc(CO)c2)c1. The van der Waals surface area contributed by atoms with Crippen LogP contribution < -0.4 is 4.72 Å². The zero-order valence-corrected chi connectivity index (χ0v) is 12.1. The fourth-order valence-electron chi connectivity index (χ4n) is 1.90. The highest BCUT2D eigenvalue weighted by Gasteiger charge is 2.15. The van der Waals surface area contributed by atoms with Crippen LogP contribution in [0.5, 0.6) is 0 Å². The second-order valence-corrected chi connectivity index (χ2v) is 6.26. The number of benzene rings is 1. The third-order valence-corrected chi connectivity index (χ3v) is 4.08. The number of nitrogens with zero attached hydrogens (tertiary/aromatic N) is 1. The van der Waals surface area contributed by atoms with Gasteiger partial charge in [0.25, 0.3) is 10.0 Å². The van der Waals surface area contributed by atoms with Crippen molar-refractivity contribution in [3.05, 3.63) is 53.2 Å². The predicted octanol–water partition coefficient (Wildman–Crippen LogP) is 1.99. The van der Waals surface area contributed by atoms with E-state index in [1.54, 1.807) is 25.1 Å². The van der Waals surface area contributed by atoms with Crippen LogP contribution in [-0.2, 0) is 16.6 Å². The zero-order chi connectivity index (χ0) is 14.8. The molecule has 0 saturated carbocycles. The molecule has 0 bridgehead atoms. The van der Waals surface area contributed by atoms with Crippen LogP contribution in [0.15, 0.2) is 41.3 Å². The summed E-state index contributed by atoms with van der Waals surface area (Å²) in [5, 5.41) is 9.06. The lowest BCUT2D eigenvalue weighted by atomic mass is 10.2. The van der Waals surface area contributed by atoms with Gasteiger partial charge in [0.1, 0.15) is 5.82 Å². The molecule has 0 aliphatic carbocycles. The molecule has 106 valence electrons. The maximum Gasteiger partial charge on any atom is 0.263 e. The minimum absolute atomic E-state index is 0.102. The maximum absolute atomic E-state index is 12.3. The molecule has 20 heavy (non-hydrogen) atoms. The van der Waals surface area contributed by atoms with Gasteiger partial charge in [-0.3, -0.25) is 4.72 Å². The Labute approximate surface area is 118 Å². The van der Waals surface area contributed by atoms with Crippen molar-refractivity contribution in [2.45, 2.75) is 25.3 Å². The van der Waals surface area contributed by atoms with E-state index < -0.39 is 10.0 Å². The molecule has 0 amide bonds. The number of anilines is 1.